The molecule has 3 heterocycles. The van der Waals surface area contributed by atoms with Gasteiger partial charge in [-0.15, -0.1) is 0 Å². The van der Waals surface area contributed by atoms with Crippen molar-refractivity contribution in [1.29, 1.82) is 0 Å². The van der Waals surface area contributed by atoms with Gasteiger partial charge in [0.15, 0.2) is 5.82 Å². The van der Waals surface area contributed by atoms with Gasteiger partial charge < -0.3 is 14.0 Å². The summed E-state index contributed by atoms with van der Waals surface area (Å²) >= 11 is 6.12. The van der Waals surface area contributed by atoms with Crippen molar-refractivity contribution in [3.63, 3.8) is 0 Å². The topological polar surface area (TPSA) is 54.1 Å². The van der Waals surface area contributed by atoms with Gasteiger partial charge in [-0.1, -0.05) is 31.2 Å². The Morgan fingerprint density at radius 3 is 2.62 bits per heavy atom. The summed E-state index contributed by atoms with van der Waals surface area (Å²) in [6.45, 7) is 8.17. The van der Waals surface area contributed by atoms with Crippen molar-refractivity contribution < 1.29 is 9.47 Å². The van der Waals surface area contributed by atoms with Crippen molar-refractivity contribution in [3.05, 3.63) is 29.5 Å². The molecule has 0 atom stereocenters. The summed E-state index contributed by atoms with van der Waals surface area (Å²) in [7, 11) is 2.42. The van der Waals surface area contributed by atoms with Crippen LogP contribution in [0.2, 0.25) is 30.8 Å². The normalized spacial score (nSPS) is 12.1. The van der Waals surface area contributed by atoms with Crippen LogP contribution in [0.15, 0.2) is 24.4 Å². The summed E-state index contributed by atoms with van der Waals surface area (Å²) in [4.78, 5) is 9.05. The van der Waals surface area contributed by atoms with Crippen LogP contribution < -0.4 is 4.74 Å². The average molecular weight is 393 g/mol. The Labute approximate surface area is 159 Å². The molecule has 8 heteroatoms. The molecule has 140 valence electrons. The molecule has 0 aliphatic carbocycles. The highest BCUT2D eigenvalue weighted by Crippen LogP contribution is 2.29. The lowest BCUT2D eigenvalue weighted by Gasteiger charge is -2.16. The number of aryl methyl sites for hydroxylation is 1. The lowest BCUT2D eigenvalue weighted by molar-refractivity contribution is 0.0908. The Morgan fingerprint density at radius 1 is 1.19 bits per heavy atom. The number of methoxy groups -OCH3 is 1. The first-order valence-corrected chi connectivity index (χ1v) is 12.7. The van der Waals surface area contributed by atoms with E-state index in [1.807, 2.05) is 28.4 Å². The van der Waals surface area contributed by atoms with E-state index in [1.54, 1.807) is 13.2 Å². The molecule has 0 aliphatic heterocycles. The van der Waals surface area contributed by atoms with Gasteiger partial charge in [0.05, 0.1) is 19.0 Å². The number of pyridine rings is 1. The molecule has 0 unspecified atom stereocenters. The van der Waals surface area contributed by atoms with Crippen molar-refractivity contribution >= 4 is 30.7 Å². The predicted octanol–water partition coefficient (Wildman–Crippen LogP) is 4.41. The van der Waals surface area contributed by atoms with E-state index in [2.05, 4.69) is 35.7 Å². The van der Waals surface area contributed by atoms with Crippen molar-refractivity contribution in [1.82, 2.24) is 19.1 Å². The Morgan fingerprint density at radius 2 is 1.96 bits per heavy atom. The largest absolute Gasteiger partial charge is 0.480 e. The van der Waals surface area contributed by atoms with E-state index < -0.39 is 8.07 Å². The maximum Gasteiger partial charge on any atom is 0.231 e. The van der Waals surface area contributed by atoms with Crippen LogP contribution in [-0.2, 0) is 18.5 Å². The first-order chi connectivity index (χ1) is 12.3. The SMILES string of the molecule is COc1cn(C)c(-c2cc3ccc(Cl)nc3n2COCC[Si](C)(C)C)n1. The third-order valence-corrected chi connectivity index (χ3v) is 6.13. The Balaban J connectivity index is 1.97. The zero-order chi connectivity index (χ0) is 18.9. The molecular formula is C18H25ClN4O2Si. The zero-order valence-electron chi connectivity index (χ0n) is 15.9. The van der Waals surface area contributed by atoms with Crippen LogP contribution in [0.5, 0.6) is 5.88 Å². The summed E-state index contributed by atoms with van der Waals surface area (Å²) < 4.78 is 15.2. The Bertz CT molecular complexity index is 914. The van der Waals surface area contributed by atoms with Gasteiger partial charge >= 0.3 is 0 Å². The van der Waals surface area contributed by atoms with Crippen LogP contribution in [0.4, 0.5) is 0 Å². The molecule has 3 aromatic rings. The van der Waals surface area contributed by atoms with Gasteiger partial charge in [-0.05, 0) is 24.2 Å². The summed E-state index contributed by atoms with van der Waals surface area (Å²) in [5, 5.41) is 1.46. The van der Waals surface area contributed by atoms with Gasteiger partial charge in [0.25, 0.3) is 0 Å². The fraction of sp³-hybridized carbons (Fsp3) is 0.444. The van der Waals surface area contributed by atoms with E-state index in [9.17, 15) is 0 Å². The molecule has 26 heavy (non-hydrogen) atoms. The lowest BCUT2D eigenvalue weighted by Crippen LogP contribution is -2.22. The molecule has 0 saturated heterocycles. The Hall–Kier alpha value is -1.83. The standard InChI is InChI=1S/C18H25ClN4O2Si/c1-22-11-16(24-2)21-18(22)14-10-13-6-7-15(19)20-17(13)23(14)12-25-8-9-26(3,4)5/h6-7,10-11H,8-9,12H2,1-5H3. The minimum absolute atomic E-state index is 0.409. The number of halogens is 1. The van der Waals surface area contributed by atoms with E-state index in [0.717, 1.165) is 35.2 Å². The summed E-state index contributed by atoms with van der Waals surface area (Å²) in [5.74, 6) is 1.37. The van der Waals surface area contributed by atoms with Crippen LogP contribution >= 0.6 is 11.6 Å². The smallest absolute Gasteiger partial charge is 0.231 e. The molecule has 0 amide bonds. The van der Waals surface area contributed by atoms with E-state index in [4.69, 9.17) is 21.1 Å². The number of nitrogens with zero attached hydrogens (tertiary/aromatic N) is 4. The summed E-state index contributed by atoms with van der Waals surface area (Å²) in [5.41, 5.74) is 1.72. The van der Waals surface area contributed by atoms with Crippen molar-refractivity contribution in [3.8, 4) is 17.4 Å². The molecule has 0 radical (unpaired) electrons. The molecule has 3 rings (SSSR count). The molecule has 0 bridgehead atoms. The van der Waals surface area contributed by atoms with Crippen LogP contribution in [0.1, 0.15) is 0 Å². The fourth-order valence-corrected chi connectivity index (χ4v) is 3.63. The third-order valence-electron chi connectivity index (χ3n) is 4.22. The first-order valence-electron chi connectivity index (χ1n) is 8.60. The number of imidazole rings is 1. The van der Waals surface area contributed by atoms with Crippen LogP contribution in [0, 0.1) is 0 Å². The van der Waals surface area contributed by atoms with Gasteiger partial charge in [0.2, 0.25) is 5.88 Å². The number of hydrogen-bond donors (Lipinski definition) is 0. The van der Waals surface area contributed by atoms with Gasteiger partial charge in [0, 0.05) is 27.1 Å². The highest BCUT2D eigenvalue weighted by Gasteiger charge is 2.18. The minimum Gasteiger partial charge on any atom is -0.480 e. The number of rotatable bonds is 7. The van der Waals surface area contributed by atoms with Gasteiger partial charge in [-0.3, -0.25) is 4.57 Å². The summed E-state index contributed by atoms with van der Waals surface area (Å²) in [6.07, 6.45) is 1.85. The first kappa shape index (κ1) is 18.9. The predicted molar refractivity (Wildman–Crippen MR) is 108 cm³/mol. The van der Waals surface area contributed by atoms with Crippen molar-refractivity contribution in [2.75, 3.05) is 13.7 Å². The van der Waals surface area contributed by atoms with Crippen LogP contribution in [0.3, 0.4) is 0 Å². The highest BCUT2D eigenvalue weighted by atomic mass is 35.5. The average Bonchev–Trinajstić information content (AvgIpc) is 3.10. The van der Waals surface area contributed by atoms with E-state index in [0.29, 0.717) is 17.8 Å². The Kier molecular flexibility index (Phi) is 5.41. The number of fused-ring (bicyclic) bond motifs is 1. The highest BCUT2D eigenvalue weighted by molar-refractivity contribution is 6.76. The molecule has 0 N–H and O–H groups in total. The third kappa shape index (κ3) is 4.11. The van der Waals surface area contributed by atoms with E-state index in [1.165, 1.54) is 0 Å². The second-order valence-electron chi connectivity index (χ2n) is 7.57. The maximum absolute atomic E-state index is 6.12. The number of ether oxygens (including phenoxy) is 2. The fourth-order valence-electron chi connectivity index (χ4n) is 2.73. The van der Waals surface area contributed by atoms with Crippen molar-refractivity contribution in [2.45, 2.75) is 32.4 Å². The minimum atomic E-state index is -1.13. The lowest BCUT2D eigenvalue weighted by atomic mass is 10.3. The number of aromatic nitrogens is 4. The van der Waals surface area contributed by atoms with Crippen molar-refractivity contribution in [2.24, 2.45) is 7.05 Å². The van der Waals surface area contributed by atoms with Gasteiger partial charge in [-0.25, -0.2) is 4.98 Å². The van der Waals surface area contributed by atoms with Crippen LogP contribution in [0.25, 0.3) is 22.6 Å². The molecule has 0 saturated carbocycles. The molecule has 3 aromatic heterocycles. The number of hydrogen-bond acceptors (Lipinski definition) is 4. The molecule has 0 aliphatic rings. The molecular weight excluding hydrogens is 368 g/mol. The summed E-state index contributed by atoms with van der Waals surface area (Å²) in [6, 6.07) is 6.93. The van der Waals surface area contributed by atoms with Crippen LogP contribution in [-0.4, -0.2) is 40.9 Å². The monoisotopic (exact) mass is 392 g/mol. The second-order valence-corrected chi connectivity index (χ2v) is 13.6. The molecule has 0 aromatic carbocycles. The molecule has 0 fully saturated rings. The second kappa shape index (κ2) is 7.42. The molecule has 0 spiro atoms. The zero-order valence-corrected chi connectivity index (χ0v) is 17.7. The quantitative estimate of drug-likeness (QED) is 0.339. The maximum atomic E-state index is 6.12. The van der Waals surface area contributed by atoms with Gasteiger partial charge in [0.1, 0.15) is 17.5 Å². The van der Waals surface area contributed by atoms with E-state index in [-0.39, 0.29) is 0 Å². The van der Waals surface area contributed by atoms with E-state index >= 15 is 0 Å². The van der Waals surface area contributed by atoms with Gasteiger partial charge in [-0.2, -0.15) is 4.98 Å². The molecule has 6 nitrogen and oxygen atoms in total.